The van der Waals surface area contributed by atoms with Crippen molar-refractivity contribution >= 4 is 34.9 Å². The van der Waals surface area contributed by atoms with Crippen LogP contribution in [0.3, 0.4) is 0 Å². The van der Waals surface area contributed by atoms with Crippen molar-refractivity contribution in [3.63, 3.8) is 0 Å². The van der Waals surface area contributed by atoms with Crippen molar-refractivity contribution in [3.05, 3.63) is 24.3 Å². The summed E-state index contributed by atoms with van der Waals surface area (Å²) in [7, 11) is 0. The fourth-order valence-corrected chi connectivity index (χ4v) is 3.12. The lowest BCUT2D eigenvalue weighted by atomic mass is 10.2. The fourth-order valence-electron chi connectivity index (χ4n) is 3.12. The minimum Gasteiger partial charge on any atom is -0.480 e. The van der Waals surface area contributed by atoms with Crippen molar-refractivity contribution in [2.75, 3.05) is 24.5 Å². The minimum atomic E-state index is -1.05. The standard InChI is InChI=1S/C18H23N5O4/c24-15(20-12-16(25)26)8-2-1-5-9-19-18(27)23-11-10-22-14-7-4-3-6-13(14)21-17(22)23/h3-4,6-7H,1-2,5,8-12H2,(H,19,27)(H,20,24)(H,25,26). The maximum Gasteiger partial charge on any atom is 0.324 e. The smallest absolute Gasteiger partial charge is 0.324 e. The second-order valence-electron chi connectivity index (χ2n) is 6.42. The average Bonchev–Trinajstić information content (AvgIpc) is 3.21. The Morgan fingerprint density at radius 3 is 2.70 bits per heavy atom. The highest BCUT2D eigenvalue weighted by Gasteiger charge is 2.27. The number of amides is 3. The first-order chi connectivity index (χ1) is 13.1. The Bertz CT molecular complexity index is 847. The van der Waals surface area contributed by atoms with Gasteiger partial charge in [-0.15, -0.1) is 0 Å². The molecular formula is C18H23N5O4. The first kappa shape index (κ1) is 18.7. The lowest BCUT2D eigenvalue weighted by Gasteiger charge is -2.14. The highest BCUT2D eigenvalue weighted by molar-refractivity contribution is 5.93. The van der Waals surface area contributed by atoms with Crippen molar-refractivity contribution in [1.82, 2.24) is 20.2 Å². The topological polar surface area (TPSA) is 117 Å². The zero-order chi connectivity index (χ0) is 19.2. The van der Waals surface area contributed by atoms with E-state index in [0.717, 1.165) is 30.4 Å². The molecule has 1 aromatic carbocycles. The Labute approximate surface area is 156 Å². The van der Waals surface area contributed by atoms with E-state index in [0.29, 0.717) is 25.5 Å². The molecule has 1 aliphatic rings. The molecule has 0 bridgehead atoms. The molecule has 3 rings (SSSR count). The van der Waals surface area contributed by atoms with Gasteiger partial charge in [-0.3, -0.25) is 14.5 Å². The van der Waals surface area contributed by atoms with E-state index in [1.165, 1.54) is 0 Å². The Hall–Kier alpha value is -3.10. The van der Waals surface area contributed by atoms with Crippen LogP contribution in [-0.2, 0) is 16.1 Å². The molecule has 0 saturated heterocycles. The van der Waals surface area contributed by atoms with Gasteiger partial charge in [-0.05, 0) is 25.0 Å². The molecule has 27 heavy (non-hydrogen) atoms. The van der Waals surface area contributed by atoms with Crippen LogP contribution in [0.25, 0.3) is 11.0 Å². The maximum absolute atomic E-state index is 12.4. The van der Waals surface area contributed by atoms with Crippen LogP contribution in [0.5, 0.6) is 0 Å². The average molecular weight is 373 g/mol. The van der Waals surface area contributed by atoms with E-state index in [1.807, 2.05) is 28.8 Å². The number of carbonyl (C=O) groups is 3. The molecule has 0 radical (unpaired) electrons. The van der Waals surface area contributed by atoms with E-state index in [9.17, 15) is 14.4 Å². The number of nitrogens with one attached hydrogen (secondary N) is 2. The van der Waals surface area contributed by atoms with Crippen LogP contribution in [0, 0.1) is 0 Å². The quantitative estimate of drug-likeness (QED) is 0.604. The lowest BCUT2D eigenvalue weighted by Crippen LogP contribution is -2.39. The predicted octanol–water partition coefficient (Wildman–Crippen LogP) is 1.33. The molecule has 0 aliphatic carbocycles. The molecule has 0 saturated carbocycles. The third-order valence-corrected chi connectivity index (χ3v) is 4.46. The number of nitrogens with zero attached hydrogens (tertiary/aromatic N) is 3. The summed E-state index contributed by atoms with van der Waals surface area (Å²) in [6, 6.07) is 7.66. The van der Waals surface area contributed by atoms with E-state index in [1.54, 1.807) is 4.90 Å². The van der Waals surface area contributed by atoms with Gasteiger partial charge < -0.3 is 20.3 Å². The SMILES string of the molecule is O=C(O)CNC(=O)CCCCCNC(=O)N1CCn2c1nc1ccccc12. The van der Waals surface area contributed by atoms with Gasteiger partial charge in [0, 0.05) is 26.1 Å². The van der Waals surface area contributed by atoms with Crippen molar-refractivity contribution in [2.24, 2.45) is 0 Å². The molecule has 0 unspecified atom stereocenters. The first-order valence-corrected chi connectivity index (χ1v) is 9.05. The second-order valence-corrected chi connectivity index (χ2v) is 6.42. The van der Waals surface area contributed by atoms with Crippen LogP contribution in [0.15, 0.2) is 24.3 Å². The zero-order valence-corrected chi connectivity index (χ0v) is 15.0. The number of fused-ring (bicyclic) bond motifs is 3. The van der Waals surface area contributed by atoms with Crippen molar-refractivity contribution < 1.29 is 19.5 Å². The van der Waals surface area contributed by atoms with Crippen LogP contribution in [0.4, 0.5) is 10.7 Å². The number of rotatable bonds is 8. The van der Waals surface area contributed by atoms with E-state index in [-0.39, 0.29) is 24.9 Å². The second kappa shape index (κ2) is 8.52. The molecular weight excluding hydrogens is 350 g/mol. The Morgan fingerprint density at radius 1 is 1.07 bits per heavy atom. The molecule has 2 heterocycles. The molecule has 3 amide bonds. The predicted molar refractivity (Wildman–Crippen MR) is 99.6 cm³/mol. The van der Waals surface area contributed by atoms with Gasteiger partial charge in [-0.1, -0.05) is 18.6 Å². The number of para-hydroxylation sites is 2. The number of carboxylic acids is 1. The number of hydrogen-bond acceptors (Lipinski definition) is 4. The zero-order valence-electron chi connectivity index (χ0n) is 15.0. The van der Waals surface area contributed by atoms with E-state index >= 15 is 0 Å². The summed E-state index contributed by atoms with van der Waals surface area (Å²) in [6.45, 7) is 1.50. The first-order valence-electron chi connectivity index (χ1n) is 9.05. The number of aromatic nitrogens is 2. The van der Waals surface area contributed by atoms with Gasteiger partial charge in [0.15, 0.2) is 0 Å². The molecule has 3 N–H and O–H groups in total. The van der Waals surface area contributed by atoms with E-state index in [4.69, 9.17) is 5.11 Å². The molecule has 0 fully saturated rings. The molecule has 0 spiro atoms. The summed E-state index contributed by atoms with van der Waals surface area (Å²) >= 11 is 0. The molecule has 144 valence electrons. The summed E-state index contributed by atoms with van der Waals surface area (Å²) in [5.74, 6) is -0.650. The molecule has 9 heteroatoms. The van der Waals surface area contributed by atoms with Gasteiger partial charge in [0.25, 0.3) is 0 Å². The third-order valence-electron chi connectivity index (χ3n) is 4.46. The number of urea groups is 1. The van der Waals surface area contributed by atoms with Crippen LogP contribution in [-0.4, -0.2) is 52.2 Å². The van der Waals surface area contributed by atoms with Crippen molar-refractivity contribution in [1.29, 1.82) is 0 Å². The lowest BCUT2D eigenvalue weighted by molar-refractivity contribution is -0.137. The summed E-state index contributed by atoms with van der Waals surface area (Å²) in [4.78, 5) is 40.4. The molecule has 1 aromatic heterocycles. The van der Waals surface area contributed by atoms with Gasteiger partial charge in [0.2, 0.25) is 11.9 Å². The van der Waals surface area contributed by atoms with Gasteiger partial charge in [0.1, 0.15) is 6.54 Å². The number of unbranched alkanes of at least 4 members (excludes halogenated alkanes) is 2. The van der Waals surface area contributed by atoms with Crippen LogP contribution >= 0.6 is 0 Å². The number of carboxylic acid groups (broad SMARTS) is 1. The van der Waals surface area contributed by atoms with Crippen LogP contribution in [0.2, 0.25) is 0 Å². The monoisotopic (exact) mass is 373 g/mol. The Balaban J connectivity index is 1.38. The number of carbonyl (C=O) groups excluding carboxylic acids is 2. The number of hydrogen-bond donors (Lipinski definition) is 3. The van der Waals surface area contributed by atoms with E-state index < -0.39 is 5.97 Å². The van der Waals surface area contributed by atoms with Gasteiger partial charge >= 0.3 is 12.0 Å². The summed E-state index contributed by atoms with van der Waals surface area (Å²) in [5.41, 5.74) is 1.91. The summed E-state index contributed by atoms with van der Waals surface area (Å²) < 4.78 is 2.05. The van der Waals surface area contributed by atoms with Crippen LogP contribution < -0.4 is 15.5 Å². The molecule has 1 aliphatic heterocycles. The van der Waals surface area contributed by atoms with Gasteiger partial charge in [-0.25, -0.2) is 9.78 Å². The fraction of sp³-hybridized carbons (Fsp3) is 0.444. The largest absolute Gasteiger partial charge is 0.480 e. The number of imidazole rings is 1. The molecule has 0 atom stereocenters. The number of aliphatic carboxylic acids is 1. The third kappa shape index (κ3) is 4.55. The highest BCUT2D eigenvalue weighted by Crippen LogP contribution is 2.26. The summed E-state index contributed by atoms with van der Waals surface area (Å²) in [5, 5.41) is 13.7. The molecule has 2 aromatic rings. The Kier molecular flexibility index (Phi) is 5.90. The Morgan fingerprint density at radius 2 is 1.89 bits per heavy atom. The van der Waals surface area contributed by atoms with E-state index in [2.05, 4.69) is 15.6 Å². The summed E-state index contributed by atoms with van der Waals surface area (Å²) in [6.07, 6.45) is 2.47. The van der Waals surface area contributed by atoms with Gasteiger partial charge in [-0.2, -0.15) is 0 Å². The molecule has 9 nitrogen and oxygen atoms in total. The number of benzene rings is 1. The maximum atomic E-state index is 12.4. The minimum absolute atomic E-state index is 0.164. The highest BCUT2D eigenvalue weighted by atomic mass is 16.4. The van der Waals surface area contributed by atoms with Crippen molar-refractivity contribution in [2.45, 2.75) is 32.2 Å². The normalized spacial score (nSPS) is 12.8. The van der Waals surface area contributed by atoms with Gasteiger partial charge in [0.05, 0.1) is 11.0 Å². The van der Waals surface area contributed by atoms with Crippen LogP contribution in [0.1, 0.15) is 25.7 Å². The van der Waals surface area contributed by atoms with Crippen molar-refractivity contribution in [3.8, 4) is 0 Å². The number of anilines is 1.